The van der Waals surface area contributed by atoms with Gasteiger partial charge in [-0.15, -0.1) is 0 Å². The van der Waals surface area contributed by atoms with Gasteiger partial charge < -0.3 is 25.5 Å². The number of hydrogen-bond donors (Lipinski definition) is 4. The van der Waals surface area contributed by atoms with Crippen molar-refractivity contribution >= 4 is 11.8 Å². The molecule has 0 saturated carbocycles. The quantitative estimate of drug-likeness (QED) is 0.460. The molecule has 0 saturated heterocycles. The number of aliphatic hydroxyl groups excluding tert-OH is 2. The van der Waals surface area contributed by atoms with E-state index in [1.54, 1.807) is 24.3 Å². The highest BCUT2D eigenvalue weighted by Crippen LogP contribution is 2.30. The van der Waals surface area contributed by atoms with Crippen molar-refractivity contribution in [3.05, 3.63) is 89.2 Å². The molecule has 8 heteroatoms. The molecule has 170 valence electrons. The van der Waals surface area contributed by atoms with Crippen LogP contribution in [-0.4, -0.2) is 44.2 Å². The van der Waals surface area contributed by atoms with Crippen molar-refractivity contribution in [1.29, 1.82) is 0 Å². The van der Waals surface area contributed by atoms with Crippen LogP contribution >= 0.6 is 0 Å². The van der Waals surface area contributed by atoms with E-state index >= 15 is 0 Å². The number of fused-ring (bicyclic) bond motifs is 1. The molecule has 0 fully saturated rings. The predicted octanol–water partition coefficient (Wildman–Crippen LogP) is 2.08. The first-order valence-electron chi connectivity index (χ1n) is 10.4. The van der Waals surface area contributed by atoms with Crippen molar-refractivity contribution in [2.45, 2.75) is 31.8 Å². The highest BCUT2D eigenvalue weighted by Gasteiger charge is 2.35. The van der Waals surface area contributed by atoms with Crippen molar-refractivity contribution < 1.29 is 29.3 Å². The molecule has 0 radical (unpaired) electrons. The molecule has 0 bridgehead atoms. The smallest absolute Gasteiger partial charge is 0.255 e. The summed E-state index contributed by atoms with van der Waals surface area (Å²) in [4.78, 5) is 26.2. The molecule has 0 aliphatic carbocycles. The largest absolute Gasteiger partial charge is 0.507 e. The molecule has 3 aromatic rings. The Balaban J connectivity index is 1.32. The number of benzene rings is 3. The number of amides is 2. The summed E-state index contributed by atoms with van der Waals surface area (Å²) in [6, 6.07) is 17.8. The summed E-state index contributed by atoms with van der Waals surface area (Å²) in [5.41, 5.74) is 3.53. The van der Waals surface area contributed by atoms with E-state index in [1.165, 1.54) is 17.0 Å². The van der Waals surface area contributed by atoms with Crippen LogP contribution in [-0.2, 0) is 29.2 Å². The van der Waals surface area contributed by atoms with Gasteiger partial charge in [0, 0.05) is 25.2 Å². The predicted molar refractivity (Wildman–Crippen MR) is 118 cm³/mol. The Morgan fingerprint density at radius 3 is 2.21 bits per heavy atom. The van der Waals surface area contributed by atoms with Crippen molar-refractivity contribution in [2.24, 2.45) is 0 Å². The molecule has 1 aliphatic heterocycles. The zero-order chi connectivity index (χ0) is 23.5. The van der Waals surface area contributed by atoms with Gasteiger partial charge in [0.1, 0.15) is 11.6 Å². The fraction of sp³-hybridized carbons (Fsp3) is 0.200. The Hall–Kier alpha value is -3.75. The maximum Gasteiger partial charge on any atom is 0.255 e. The number of aliphatic hydroxyl groups is 2. The fourth-order valence-electron chi connectivity index (χ4n) is 3.79. The van der Waals surface area contributed by atoms with Crippen molar-refractivity contribution in [2.75, 3.05) is 0 Å². The first-order chi connectivity index (χ1) is 15.8. The summed E-state index contributed by atoms with van der Waals surface area (Å²) >= 11 is 0. The number of phenols is 1. The third-order valence-corrected chi connectivity index (χ3v) is 5.66. The molecule has 1 aliphatic rings. The molecule has 2 atom stereocenters. The van der Waals surface area contributed by atoms with Crippen molar-refractivity contribution in [1.82, 2.24) is 10.2 Å². The standard InChI is InChI=1S/C25H23FN2O5/c26-19-9-10-21(29)20(11-19)16-7-5-15(6-8-16)12-27-24(32)22(30)23(31)25(33)28-13-17-3-1-2-4-18(17)14-28/h1-11,22-23,29-31H,12-14H2,(H,27,32)/t22-,23-/m1/s1. The molecule has 1 heterocycles. The van der Waals surface area contributed by atoms with Crippen molar-refractivity contribution in [3.8, 4) is 16.9 Å². The average molecular weight is 450 g/mol. The minimum atomic E-state index is -1.91. The van der Waals surface area contributed by atoms with E-state index in [0.29, 0.717) is 29.8 Å². The number of carbonyl (C=O) groups is 2. The van der Waals surface area contributed by atoms with Gasteiger partial charge in [-0.05, 0) is 40.5 Å². The van der Waals surface area contributed by atoms with Gasteiger partial charge in [0.05, 0.1) is 0 Å². The van der Waals surface area contributed by atoms with Gasteiger partial charge in [-0.3, -0.25) is 9.59 Å². The molecule has 33 heavy (non-hydrogen) atoms. The van der Waals surface area contributed by atoms with Gasteiger partial charge >= 0.3 is 0 Å². The minimum Gasteiger partial charge on any atom is -0.507 e. The molecular formula is C25H23FN2O5. The van der Waals surface area contributed by atoms with E-state index in [-0.39, 0.29) is 12.3 Å². The molecule has 0 unspecified atom stereocenters. The first kappa shape index (κ1) is 22.4. The summed E-state index contributed by atoms with van der Waals surface area (Å²) in [5, 5.41) is 32.8. The zero-order valence-electron chi connectivity index (χ0n) is 17.6. The van der Waals surface area contributed by atoms with E-state index in [9.17, 15) is 29.3 Å². The second-order valence-corrected chi connectivity index (χ2v) is 7.93. The summed E-state index contributed by atoms with van der Waals surface area (Å²) in [6.07, 6.45) is -3.79. The summed E-state index contributed by atoms with van der Waals surface area (Å²) < 4.78 is 13.5. The summed E-state index contributed by atoms with van der Waals surface area (Å²) in [5.74, 6) is -2.12. The maximum atomic E-state index is 13.5. The summed E-state index contributed by atoms with van der Waals surface area (Å²) in [6.45, 7) is 0.669. The number of halogens is 1. The van der Waals surface area contributed by atoms with Crippen LogP contribution in [0.3, 0.4) is 0 Å². The van der Waals surface area contributed by atoms with Gasteiger partial charge in [-0.1, -0.05) is 48.5 Å². The number of nitrogens with one attached hydrogen (secondary N) is 1. The van der Waals surface area contributed by atoms with Gasteiger partial charge in [-0.25, -0.2) is 4.39 Å². The molecule has 0 aromatic heterocycles. The topological polar surface area (TPSA) is 110 Å². The SMILES string of the molecule is O=C(NCc1ccc(-c2cc(F)ccc2O)cc1)[C@H](O)[C@@H](O)C(=O)N1Cc2ccccc2C1. The Bertz CT molecular complexity index is 1160. The Morgan fingerprint density at radius 2 is 1.58 bits per heavy atom. The van der Waals surface area contributed by atoms with Crippen LogP contribution in [0.4, 0.5) is 4.39 Å². The molecule has 4 rings (SSSR count). The Morgan fingerprint density at radius 1 is 0.939 bits per heavy atom. The number of carbonyl (C=O) groups excluding carboxylic acids is 2. The molecule has 7 nitrogen and oxygen atoms in total. The molecule has 4 N–H and O–H groups in total. The van der Waals surface area contributed by atoms with Crippen LogP contribution in [0.2, 0.25) is 0 Å². The lowest BCUT2D eigenvalue weighted by molar-refractivity contribution is -0.153. The first-order valence-corrected chi connectivity index (χ1v) is 10.4. The monoisotopic (exact) mass is 450 g/mol. The van der Waals surface area contributed by atoms with Crippen LogP contribution in [0, 0.1) is 5.82 Å². The van der Waals surface area contributed by atoms with Gasteiger partial charge in [0.25, 0.3) is 11.8 Å². The second-order valence-electron chi connectivity index (χ2n) is 7.93. The van der Waals surface area contributed by atoms with Crippen LogP contribution < -0.4 is 5.32 Å². The normalized spacial score (nSPS) is 14.5. The van der Waals surface area contributed by atoms with E-state index in [1.807, 2.05) is 24.3 Å². The number of aromatic hydroxyl groups is 1. The Kier molecular flexibility index (Phi) is 6.39. The zero-order valence-corrected chi connectivity index (χ0v) is 17.6. The average Bonchev–Trinajstić information content (AvgIpc) is 3.27. The number of hydrogen-bond acceptors (Lipinski definition) is 5. The van der Waals surface area contributed by atoms with Crippen LogP contribution in [0.25, 0.3) is 11.1 Å². The number of phenolic OH excluding ortho intramolecular Hbond substituents is 1. The highest BCUT2D eigenvalue weighted by atomic mass is 19.1. The van der Waals surface area contributed by atoms with Gasteiger partial charge in [0.2, 0.25) is 0 Å². The third-order valence-electron chi connectivity index (χ3n) is 5.66. The number of nitrogens with zero attached hydrogens (tertiary/aromatic N) is 1. The van der Waals surface area contributed by atoms with Crippen molar-refractivity contribution in [3.63, 3.8) is 0 Å². The third kappa shape index (κ3) is 4.87. The second kappa shape index (κ2) is 9.40. The highest BCUT2D eigenvalue weighted by molar-refractivity contribution is 5.91. The molecule has 2 amide bonds. The Labute approximate surface area is 189 Å². The van der Waals surface area contributed by atoms with E-state index in [4.69, 9.17) is 0 Å². The fourth-order valence-corrected chi connectivity index (χ4v) is 3.79. The number of rotatable bonds is 6. The van der Waals surface area contributed by atoms with E-state index < -0.39 is 29.8 Å². The van der Waals surface area contributed by atoms with E-state index in [0.717, 1.165) is 17.2 Å². The lowest BCUT2D eigenvalue weighted by Crippen LogP contribution is -2.49. The van der Waals surface area contributed by atoms with Crippen LogP contribution in [0.5, 0.6) is 5.75 Å². The minimum absolute atomic E-state index is 0.0430. The lowest BCUT2D eigenvalue weighted by atomic mass is 10.0. The van der Waals surface area contributed by atoms with E-state index in [2.05, 4.69) is 5.32 Å². The van der Waals surface area contributed by atoms with Crippen LogP contribution in [0.15, 0.2) is 66.7 Å². The van der Waals surface area contributed by atoms with Crippen LogP contribution in [0.1, 0.15) is 16.7 Å². The molecular weight excluding hydrogens is 427 g/mol. The lowest BCUT2D eigenvalue weighted by Gasteiger charge is -2.22. The van der Waals surface area contributed by atoms with Gasteiger partial charge in [-0.2, -0.15) is 0 Å². The molecule has 0 spiro atoms. The molecule has 3 aromatic carbocycles. The van der Waals surface area contributed by atoms with Gasteiger partial charge in [0.15, 0.2) is 12.2 Å². The summed E-state index contributed by atoms with van der Waals surface area (Å²) in [7, 11) is 0. The maximum absolute atomic E-state index is 13.5.